The van der Waals surface area contributed by atoms with E-state index >= 15 is 0 Å². The number of hydrogen-bond acceptors (Lipinski definition) is 7. The van der Waals surface area contributed by atoms with E-state index < -0.39 is 35.0 Å². The van der Waals surface area contributed by atoms with Crippen LogP contribution in [0.5, 0.6) is 0 Å². The minimum atomic E-state index is -1.58. The predicted octanol–water partition coefficient (Wildman–Crippen LogP) is 0.761. The molecular weight excluding hydrogens is 306 g/mol. The van der Waals surface area contributed by atoms with E-state index in [0.29, 0.717) is 0 Å². The second-order valence-corrected chi connectivity index (χ2v) is 5.09. The van der Waals surface area contributed by atoms with Crippen molar-refractivity contribution in [3.05, 3.63) is 52.1 Å². The maximum Gasteiger partial charge on any atom is 0.345 e. The van der Waals surface area contributed by atoms with Crippen molar-refractivity contribution in [1.29, 1.82) is 0 Å². The first-order valence-corrected chi connectivity index (χ1v) is 6.91. The number of ether oxygens (including phenoxy) is 1. The average molecular weight is 321 g/mol. The molecule has 0 radical (unpaired) electrons. The van der Waals surface area contributed by atoms with Gasteiger partial charge in [0.15, 0.2) is 5.78 Å². The zero-order valence-electron chi connectivity index (χ0n) is 12.0. The average Bonchev–Trinajstić information content (AvgIpc) is 2.52. The van der Waals surface area contributed by atoms with Gasteiger partial charge in [-0.05, 0) is 12.1 Å². The van der Waals surface area contributed by atoms with Gasteiger partial charge in [-0.15, -0.1) is 0 Å². The highest BCUT2D eigenvalue weighted by atomic mass is 16.6. The maximum absolute atomic E-state index is 12.1. The number of nitrogens with zero attached hydrogens (tertiary/aromatic N) is 1. The molecule has 23 heavy (non-hydrogen) atoms. The smallest absolute Gasteiger partial charge is 0.345 e. The van der Waals surface area contributed by atoms with Crippen LogP contribution in [-0.4, -0.2) is 45.2 Å². The lowest BCUT2D eigenvalue weighted by molar-refractivity contribution is -0.385. The van der Waals surface area contributed by atoms with E-state index in [0.717, 1.165) is 6.08 Å². The molecule has 0 heterocycles. The Bertz CT molecular complexity index is 655. The Kier molecular flexibility index (Phi) is 5.20. The number of aliphatic hydroxyl groups excluding tert-OH is 2. The second kappa shape index (κ2) is 7.12. The molecule has 8 heteroatoms. The molecule has 0 amide bonds. The first kappa shape index (κ1) is 16.8. The summed E-state index contributed by atoms with van der Waals surface area (Å²) in [4.78, 5) is 33.7. The standard InChI is InChI=1S/C15H15NO7/c17-12-7-3-4-9(8-13(18)14(12)19)23-15(20)10-5-1-2-6-11(10)16(21)22/h1-3,5-7,9,13-14,18-19H,4,8H2/b7-3-. The van der Waals surface area contributed by atoms with Gasteiger partial charge in [-0.2, -0.15) is 0 Å². The number of carbonyl (C=O) groups is 2. The van der Waals surface area contributed by atoms with Gasteiger partial charge in [0.05, 0.1) is 11.0 Å². The van der Waals surface area contributed by atoms with Crippen LogP contribution in [0.4, 0.5) is 5.69 Å². The molecule has 0 bridgehead atoms. The Balaban J connectivity index is 2.15. The van der Waals surface area contributed by atoms with Crippen LogP contribution in [0.25, 0.3) is 0 Å². The predicted molar refractivity (Wildman–Crippen MR) is 77.7 cm³/mol. The van der Waals surface area contributed by atoms with Gasteiger partial charge in [0.25, 0.3) is 5.69 Å². The Morgan fingerprint density at radius 2 is 2.00 bits per heavy atom. The fourth-order valence-corrected chi connectivity index (χ4v) is 2.24. The molecule has 1 aromatic carbocycles. The van der Waals surface area contributed by atoms with Crippen molar-refractivity contribution in [2.75, 3.05) is 0 Å². The second-order valence-electron chi connectivity index (χ2n) is 5.09. The van der Waals surface area contributed by atoms with Crippen molar-refractivity contribution >= 4 is 17.4 Å². The molecule has 0 saturated carbocycles. The first-order chi connectivity index (χ1) is 10.9. The molecule has 8 nitrogen and oxygen atoms in total. The van der Waals surface area contributed by atoms with Gasteiger partial charge in [-0.25, -0.2) is 4.79 Å². The third-order valence-corrected chi connectivity index (χ3v) is 3.44. The summed E-state index contributed by atoms with van der Waals surface area (Å²) in [7, 11) is 0. The van der Waals surface area contributed by atoms with Crippen molar-refractivity contribution in [3.8, 4) is 0 Å². The highest BCUT2D eigenvalue weighted by Crippen LogP contribution is 2.22. The summed E-state index contributed by atoms with van der Waals surface area (Å²) in [6.45, 7) is 0. The number of nitro benzene ring substituents is 1. The van der Waals surface area contributed by atoms with Gasteiger partial charge in [0.1, 0.15) is 17.8 Å². The Hall–Kier alpha value is -2.58. The highest BCUT2D eigenvalue weighted by molar-refractivity contribution is 5.94. The molecule has 0 saturated heterocycles. The van der Waals surface area contributed by atoms with Crippen LogP contribution in [0.1, 0.15) is 23.2 Å². The number of aliphatic hydroxyl groups is 2. The first-order valence-electron chi connectivity index (χ1n) is 6.91. The number of benzene rings is 1. The lowest BCUT2D eigenvalue weighted by Gasteiger charge is -2.23. The maximum atomic E-state index is 12.1. The van der Waals surface area contributed by atoms with E-state index in [-0.39, 0.29) is 24.1 Å². The van der Waals surface area contributed by atoms with Gasteiger partial charge in [0, 0.05) is 18.9 Å². The summed E-state index contributed by atoms with van der Waals surface area (Å²) in [6, 6.07) is 5.36. The van der Waals surface area contributed by atoms with Crippen molar-refractivity contribution in [2.24, 2.45) is 0 Å². The quantitative estimate of drug-likeness (QED) is 0.478. The van der Waals surface area contributed by atoms with Crippen molar-refractivity contribution in [2.45, 2.75) is 31.2 Å². The van der Waals surface area contributed by atoms with E-state index in [4.69, 9.17) is 4.74 Å². The molecule has 0 aliphatic heterocycles. The Labute approximate surface area is 131 Å². The van der Waals surface area contributed by atoms with Gasteiger partial charge in [0.2, 0.25) is 0 Å². The number of ketones is 1. The Morgan fingerprint density at radius 3 is 2.70 bits per heavy atom. The summed E-state index contributed by atoms with van der Waals surface area (Å²) in [6.07, 6.45) is -1.23. The summed E-state index contributed by atoms with van der Waals surface area (Å²) in [5.41, 5.74) is -0.579. The fraction of sp³-hybridized carbons (Fsp3) is 0.333. The van der Waals surface area contributed by atoms with Crippen molar-refractivity contribution in [1.82, 2.24) is 0 Å². The lowest BCUT2D eigenvalue weighted by atomic mass is 9.97. The zero-order valence-corrected chi connectivity index (χ0v) is 12.0. The largest absolute Gasteiger partial charge is 0.458 e. The molecule has 0 fully saturated rings. The zero-order chi connectivity index (χ0) is 17.0. The third-order valence-electron chi connectivity index (χ3n) is 3.44. The molecule has 1 aromatic rings. The number of rotatable bonds is 3. The van der Waals surface area contributed by atoms with Crippen molar-refractivity contribution < 1.29 is 29.5 Å². The molecule has 1 aliphatic rings. The molecule has 122 valence electrons. The molecular formula is C15H15NO7. The number of para-hydroxylation sites is 1. The third kappa shape index (κ3) is 3.99. The van der Waals surface area contributed by atoms with Gasteiger partial charge in [-0.1, -0.05) is 18.2 Å². The van der Waals surface area contributed by atoms with E-state index in [1.807, 2.05) is 0 Å². The summed E-state index contributed by atoms with van der Waals surface area (Å²) in [5.74, 6) is -1.52. The summed E-state index contributed by atoms with van der Waals surface area (Å²) < 4.78 is 5.18. The van der Waals surface area contributed by atoms with Crippen molar-refractivity contribution in [3.63, 3.8) is 0 Å². The molecule has 1 aliphatic carbocycles. The molecule has 0 spiro atoms. The minimum absolute atomic E-state index is 0.149. The molecule has 3 unspecified atom stereocenters. The van der Waals surface area contributed by atoms with E-state index in [2.05, 4.69) is 0 Å². The van der Waals surface area contributed by atoms with Crippen LogP contribution in [0.15, 0.2) is 36.4 Å². The van der Waals surface area contributed by atoms with Crippen LogP contribution in [-0.2, 0) is 9.53 Å². The monoisotopic (exact) mass is 321 g/mol. The van der Waals surface area contributed by atoms with E-state index in [1.54, 1.807) is 0 Å². The fourth-order valence-electron chi connectivity index (χ4n) is 2.24. The SMILES string of the molecule is O=C(OC1C/C=C\C(=O)C(O)C(O)C1)c1ccccc1[N+](=O)[O-]. The van der Waals surface area contributed by atoms with Gasteiger partial charge in [-0.3, -0.25) is 14.9 Å². The van der Waals surface area contributed by atoms with E-state index in [9.17, 15) is 29.9 Å². The van der Waals surface area contributed by atoms with Gasteiger partial charge < -0.3 is 14.9 Å². The highest BCUT2D eigenvalue weighted by Gasteiger charge is 2.30. The topological polar surface area (TPSA) is 127 Å². The van der Waals surface area contributed by atoms with Crippen LogP contribution in [0.2, 0.25) is 0 Å². The minimum Gasteiger partial charge on any atom is -0.458 e. The molecule has 2 N–H and O–H groups in total. The summed E-state index contributed by atoms with van der Waals surface area (Å²) in [5, 5.41) is 30.2. The molecule has 2 rings (SSSR count). The van der Waals surface area contributed by atoms with Crippen LogP contribution >= 0.6 is 0 Å². The summed E-state index contributed by atoms with van der Waals surface area (Å²) >= 11 is 0. The number of hydrogen-bond donors (Lipinski definition) is 2. The number of esters is 1. The molecule has 0 aromatic heterocycles. The molecule has 3 atom stereocenters. The Morgan fingerprint density at radius 1 is 1.30 bits per heavy atom. The normalized spacial score (nSPS) is 26.0. The van der Waals surface area contributed by atoms with Crippen LogP contribution < -0.4 is 0 Å². The lowest BCUT2D eigenvalue weighted by Crippen LogP contribution is -2.37. The van der Waals surface area contributed by atoms with Crippen LogP contribution in [0.3, 0.4) is 0 Å². The van der Waals surface area contributed by atoms with Gasteiger partial charge >= 0.3 is 5.97 Å². The van der Waals surface area contributed by atoms with E-state index in [1.165, 1.54) is 30.3 Å². The van der Waals surface area contributed by atoms with Crippen LogP contribution in [0, 0.1) is 10.1 Å². The number of carbonyl (C=O) groups excluding carboxylic acids is 2. The number of nitro groups is 1.